The molecule has 1 saturated heterocycles. The van der Waals surface area contributed by atoms with Gasteiger partial charge in [0.05, 0.1) is 6.61 Å². The van der Waals surface area contributed by atoms with E-state index in [-0.39, 0.29) is 12.9 Å². The topological polar surface area (TPSA) is 38.7 Å². The molecule has 0 aromatic rings. The average molecular weight is 188 g/mol. The minimum Gasteiger partial charge on any atom is -0.396 e. The zero-order valence-electron chi connectivity index (χ0n) is 8.37. The van der Waals surface area contributed by atoms with E-state index in [4.69, 9.17) is 14.6 Å². The smallest absolute Gasteiger partial charge is 0.157 e. The van der Waals surface area contributed by atoms with E-state index in [1.165, 1.54) is 6.42 Å². The monoisotopic (exact) mass is 188 g/mol. The molecule has 0 aliphatic carbocycles. The summed E-state index contributed by atoms with van der Waals surface area (Å²) < 4.78 is 11.0. The van der Waals surface area contributed by atoms with E-state index in [9.17, 15) is 0 Å². The van der Waals surface area contributed by atoms with E-state index in [1.807, 2.05) is 0 Å². The molecule has 0 bridgehead atoms. The van der Waals surface area contributed by atoms with Crippen LogP contribution in [0.3, 0.4) is 0 Å². The molecule has 1 aliphatic heterocycles. The third kappa shape index (κ3) is 4.60. The Labute approximate surface area is 80.0 Å². The van der Waals surface area contributed by atoms with Gasteiger partial charge in [-0.15, -0.1) is 0 Å². The lowest BCUT2D eigenvalue weighted by Crippen LogP contribution is -2.24. The molecular weight excluding hydrogens is 168 g/mol. The standard InChI is InChI=1S/C10H20O3/c1-9(5-6-11)8-13-10-4-2-3-7-12-10/h9-11H,2-8H2,1H3/t9-,10?/m0/s1. The van der Waals surface area contributed by atoms with Gasteiger partial charge in [-0.05, 0) is 31.6 Å². The van der Waals surface area contributed by atoms with E-state index < -0.39 is 0 Å². The van der Waals surface area contributed by atoms with Crippen molar-refractivity contribution in [2.24, 2.45) is 5.92 Å². The van der Waals surface area contributed by atoms with Gasteiger partial charge in [0.2, 0.25) is 0 Å². The van der Waals surface area contributed by atoms with E-state index in [2.05, 4.69) is 6.92 Å². The van der Waals surface area contributed by atoms with Crippen LogP contribution in [0.15, 0.2) is 0 Å². The van der Waals surface area contributed by atoms with Crippen LogP contribution in [0.1, 0.15) is 32.6 Å². The van der Waals surface area contributed by atoms with Gasteiger partial charge in [0.25, 0.3) is 0 Å². The van der Waals surface area contributed by atoms with Crippen LogP contribution in [-0.4, -0.2) is 31.2 Å². The van der Waals surface area contributed by atoms with Gasteiger partial charge in [0.1, 0.15) is 0 Å². The van der Waals surface area contributed by atoms with Crippen molar-refractivity contribution in [3.05, 3.63) is 0 Å². The molecule has 1 rings (SSSR count). The summed E-state index contributed by atoms with van der Waals surface area (Å²) in [6.45, 7) is 3.86. The summed E-state index contributed by atoms with van der Waals surface area (Å²) in [5.74, 6) is 0.426. The molecule has 1 heterocycles. The third-order valence-corrected chi connectivity index (χ3v) is 2.33. The highest BCUT2D eigenvalue weighted by atomic mass is 16.7. The number of aliphatic hydroxyl groups excluding tert-OH is 1. The molecular formula is C10H20O3. The normalized spacial score (nSPS) is 25.8. The summed E-state index contributed by atoms with van der Waals surface area (Å²) in [4.78, 5) is 0. The lowest BCUT2D eigenvalue weighted by atomic mass is 10.1. The second-order valence-electron chi connectivity index (χ2n) is 3.75. The summed E-state index contributed by atoms with van der Waals surface area (Å²) in [5, 5.41) is 8.69. The second-order valence-corrected chi connectivity index (χ2v) is 3.75. The van der Waals surface area contributed by atoms with Gasteiger partial charge < -0.3 is 14.6 Å². The number of rotatable bonds is 5. The van der Waals surface area contributed by atoms with Gasteiger partial charge in [-0.25, -0.2) is 0 Å². The van der Waals surface area contributed by atoms with Gasteiger partial charge in [0.15, 0.2) is 6.29 Å². The first-order valence-corrected chi connectivity index (χ1v) is 5.17. The molecule has 0 radical (unpaired) electrons. The van der Waals surface area contributed by atoms with Crippen LogP contribution in [0, 0.1) is 5.92 Å². The molecule has 3 heteroatoms. The lowest BCUT2D eigenvalue weighted by molar-refractivity contribution is -0.168. The van der Waals surface area contributed by atoms with Gasteiger partial charge in [-0.3, -0.25) is 0 Å². The quantitative estimate of drug-likeness (QED) is 0.711. The summed E-state index contributed by atoms with van der Waals surface area (Å²) in [5.41, 5.74) is 0. The van der Waals surface area contributed by atoms with Gasteiger partial charge in [-0.2, -0.15) is 0 Å². The molecule has 1 fully saturated rings. The molecule has 0 aromatic heterocycles. The summed E-state index contributed by atoms with van der Waals surface area (Å²) in [7, 11) is 0. The predicted molar refractivity (Wildman–Crippen MR) is 50.4 cm³/mol. The Kier molecular flexibility index (Phi) is 5.35. The van der Waals surface area contributed by atoms with Gasteiger partial charge >= 0.3 is 0 Å². The highest BCUT2D eigenvalue weighted by Crippen LogP contribution is 2.15. The van der Waals surface area contributed by atoms with E-state index in [1.54, 1.807) is 0 Å². The van der Waals surface area contributed by atoms with Gasteiger partial charge in [0, 0.05) is 13.2 Å². The average Bonchev–Trinajstić information content (AvgIpc) is 2.17. The predicted octanol–water partition coefficient (Wildman–Crippen LogP) is 1.55. The Morgan fingerprint density at radius 1 is 1.54 bits per heavy atom. The molecule has 0 amide bonds. The molecule has 0 aromatic carbocycles. The molecule has 1 aliphatic rings. The maximum absolute atomic E-state index is 8.69. The summed E-state index contributed by atoms with van der Waals surface area (Å²) >= 11 is 0. The van der Waals surface area contributed by atoms with Crippen LogP contribution in [0.4, 0.5) is 0 Å². The largest absolute Gasteiger partial charge is 0.396 e. The number of ether oxygens (including phenoxy) is 2. The van der Waals surface area contributed by atoms with Crippen molar-refractivity contribution in [1.82, 2.24) is 0 Å². The van der Waals surface area contributed by atoms with Crippen molar-refractivity contribution in [2.45, 2.75) is 38.9 Å². The van der Waals surface area contributed by atoms with Crippen molar-refractivity contribution < 1.29 is 14.6 Å². The Balaban J connectivity index is 2.03. The molecule has 1 unspecified atom stereocenters. The Hall–Kier alpha value is -0.120. The highest BCUT2D eigenvalue weighted by molar-refractivity contribution is 4.56. The van der Waals surface area contributed by atoms with Crippen molar-refractivity contribution in [2.75, 3.05) is 19.8 Å². The Bertz CT molecular complexity index is 121. The first kappa shape index (κ1) is 11.0. The van der Waals surface area contributed by atoms with E-state index in [0.29, 0.717) is 12.5 Å². The lowest BCUT2D eigenvalue weighted by Gasteiger charge is -2.24. The minimum absolute atomic E-state index is 0.00916. The Morgan fingerprint density at radius 2 is 2.38 bits per heavy atom. The molecule has 0 spiro atoms. The van der Waals surface area contributed by atoms with Crippen LogP contribution in [0.5, 0.6) is 0 Å². The van der Waals surface area contributed by atoms with Crippen molar-refractivity contribution >= 4 is 0 Å². The molecule has 13 heavy (non-hydrogen) atoms. The minimum atomic E-state index is 0.00916. The molecule has 0 saturated carbocycles. The third-order valence-electron chi connectivity index (χ3n) is 2.33. The zero-order chi connectivity index (χ0) is 9.52. The zero-order valence-corrected chi connectivity index (χ0v) is 8.37. The Morgan fingerprint density at radius 3 is 3.00 bits per heavy atom. The van der Waals surface area contributed by atoms with Gasteiger partial charge in [-0.1, -0.05) is 6.92 Å². The molecule has 78 valence electrons. The fourth-order valence-corrected chi connectivity index (χ4v) is 1.42. The fraction of sp³-hybridized carbons (Fsp3) is 1.00. The van der Waals surface area contributed by atoms with Crippen LogP contribution in [-0.2, 0) is 9.47 Å². The van der Waals surface area contributed by atoms with Crippen LogP contribution in [0.25, 0.3) is 0 Å². The fourth-order valence-electron chi connectivity index (χ4n) is 1.42. The van der Waals surface area contributed by atoms with Crippen LogP contribution >= 0.6 is 0 Å². The summed E-state index contributed by atoms with van der Waals surface area (Å²) in [6.07, 6.45) is 4.21. The number of hydrogen-bond acceptors (Lipinski definition) is 3. The number of hydrogen-bond donors (Lipinski definition) is 1. The molecule has 3 nitrogen and oxygen atoms in total. The maximum Gasteiger partial charge on any atom is 0.157 e. The molecule has 2 atom stereocenters. The van der Waals surface area contributed by atoms with Crippen molar-refractivity contribution in [3.8, 4) is 0 Å². The van der Waals surface area contributed by atoms with Crippen LogP contribution < -0.4 is 0 Å². The van der Waals surface area contributed by atoms with Crippen molar-refractivity contribution in [3.63, 3.8) is 0 Å². The molecule has 1 N–H and O–H groups in total. The number of aliphatic hydroxyl groups is 1. The van der Waals surface area contributed by atoms with E-state index in [0.717, 1.165) is 25.9 Å². The first-order chi connectivity index (χ1) is 6.33. The van der Waals surface area contributed by atoms with E-state index >= 15 is 0 Å². The first-order valence-electron chi connectivity index (χ1n) is 5.17. The summed E-state index contributed by atoms with van der Waals surface area (Å²) in [6, 6.07) is 0. The second kappa shape index (κ2) is 6.35. The highest BCUT2D eigenvalue weighted by Gasteiger charge is 2.14. The SMILES string of the molecule is C[C@@H](CCO)COC1CCCCO1. The van der Waals surface area contributed by atoms with Crippen molar-refractivity contribution in [1.29, 1.82) is 0 Å². The maximum atomic E-state index is 8.69. The van der Waals surface area contributed by atoms with Crippen LogP contribution in [0.2, 0.25) is 0 Å².